The van der Waals surface area contributed by atoms with Gasteiger partial charge in [0.05, 0.1) is 38.3 Å². The van der Waals surface area contributed by atoms with Crippen molar-refractivity contribution >= 4 is 30.5 Å². The summed E-state index contributed by atoms with van der Waals surface area (Å²) < 4.78 is 19.5. The van der Waals surface area contributed by atoms with E-state index in [1.54, 1.807) is 61.0 Å². The molecule has 0 atom stereocenters. The van der Waals surface area contributed by atoms with E-state index in [0.717, 1.165) is 17.2 Å². The number of unbranched alkanes of at least 4 members (excludes halogenated alkanes) is 1. The van der Waals surface area contributed by atoms with Gasteiger partial charge in [-0.05, 0) is 60.4 Å². The Morgan fingerprint density at radius 1 is 0.848 bits per heavy atom. The monoisotopic (exact) mass is 452 g/mol. The molecule has 0 N–H and O–H groups in total. The third-order valence-corrected chi connectivity index (χ3v) is 4.06. The maximum absolute atomic E-state index is 11.7. The van der Waals surface area contributed by atoms with Crippen LogP contribution in [0.3, 0.4) is 0 Å². The van der Waals surface area contributed by atoms with Crippen LogP contribution in [0.15, 0.2) is 71.4 Å². The predicted molar refractivity (Wildman–Crippen MR) is 122 cm³/mol. The van der Waals surface area contributed by atoms with E-state index in [-0.39, 0.29) is 13.2 Å². The highest BCUT2D eigenvalue weighted by Gasteiger charge is 2.06. The van der Waals surface area contributed by atoms with Crippen LogP contribution in [0.2, 0.25) is 0 Å². The smallest absolute Gasteiger partial charge is 0.465 e. The molecule has 0 saturated heterocycles. The van der Waals surface area contributed by atoms with Crippen molar-refractivity contribution in [2.45, 2.75) is 12.8 Å². The van der Waals surface area contributed by atoms with E-state index in [1.165, 1.54) is 7.11 Å². The number of hydrogen-bond acceptors (Lipinski definition) is 9. The average molecular weight is 452 g/mol. The minimum atomic E-state index is -0.817. The van der Waals surface area contributed by atoms with Gasteiger partial charge in [-0.15, -0.1) is 0 Å². The van der Waals surface area contributed by atoms with E-state index in [2.05, 4.69) is 21.5 Å². The van der Waals surface area contributed by atoms with Crippen LogP contribution in [0.5, 0.6) is 5.75 Å². The van der Waals surface area contributed by atoms with E-state index < -0.39 is 18.1 Å². The van der Waals surface area contributed by atoms with Crippen LogP contribution in [-0.2, 0) is 19.0 Å². The number of nitrogens with zero attached hydrogens (tertiary/aromatic N) is 2. The minimum Gasteiger partial charge on any atom is -0.465 e. The molecule has 0 bridgehead atoms. The highest BCUT2D eigenvalue weighted by atomic mass is 16.7. The lowest BCUT2D eigenvalue weighted by Gasteiger charge is -2.06. The Hall–Kier alpha value is -4.27. The number of hydrogen-bond donors (Lipinski definition) is 0. The highest BCUT2D eigenvalue weighted by molar-refractivity contribution is 5.90. The average Bonchev–Trinajstić information content (AvgIpc) is 2.84. The summed E-state index contributed by atoms with van der Waals surface area (Å²) in [6, 6.07) is 13.4. The molecule has 2 rings (SSSR count). The Bertz CT molecular complexity index is 996. The van der Waals surface area contributed by atoms with Gasteiger partial charge in [0.2, 0.25) is 0 Å². The molecular formula is C24H24N2O7. The van der Waals surface area contributed by atoms with Crippen LogP contribution in [-0.4, -0.2) is 50.8 Å². The fourth-order valence-electron chi connectivity index (χ4n) is 2.36. The van der Waals surface area contributed by atoms with Gasteiger partial charge in [-0.2, -0.15) is 10.2 Å². The maximum atomic E-state index is 11.7. The number of esters is 2. The molecule has 0 aliphatic carbocycles. The van der Waals surface area contributed by atoms with Crippen LogP contribution >= 0.6 is 0 Å². The molecule has 0 amide bonds. The first kappa shape index (κ1) is 25.0. The molecule has 0 fully saturated rings. The lowest BCUT2D eigenvalue weighted by atomic mass is 10.1. The fourth-order valence-corrected chi connectivity index (χ4v) is 2.36. The van der Waals surface area contributed by atoms with Gasteiger partial charge in [0.1, 0.15) is 5.75 Å². The lowest BCUT2D eigenvalue weighted by Crippen LogP contribution is -2.12. The summed E-state index contributed by atoms with van der Waals surface area (Å²) in [4.78, 5) is 34.0. The van der Waals surface area contributed by atoms with Crippen LogP contribution in [0.1, 0.15) is 34.3 Å². The maximum Gasteiger partial charge on any atom is 0.513 e. The number of ether oxygens (including phenoxy) is 4. The van der Waals surface area contributed by atoms with Gasteiger partial charge < -0.3 is 18.9 Å². The third kappa shape index (κ3) is 9.60. The van der Waals surface area contributed by atoms with Crippen molar-refractivity contribution in [3.63, 3.8) is 0 Å². The summed E-state index contributed by atoms with van der Waals surface area (Å²) in [6.45, 7) is 3.68. The molecule has 0 spiro atoms. The summed E-state index contributed by atoms with van der Waals surface area (Å²) in [7, 11) is 1.33. The Morgan fingerprint density at radius 2 is 1.39 bits per heavy atom. The second kappa shape index (κ2) is 13.9. The Kier molecular flexibility index (Phi) is 10.5. The van der Waals surface area contributed by atoms with Gasteiger partial charge in [0.15, 0.2) is 0 Å². The number of carbonyl (C=O) groups is 3. The number of carbonyl (C=O) groups excluding carboxylic acids is 3. The number of rotatable bonds is 11. The largest absolute Gasteiger partial charge is 0.513 e. The zero-order valence-corrected chi connectivity index (χ0v) is 18.1. The molecular weight excluding hydrogens is 428 g/mol. The molecule has 0 aromatic heterocycles. The van der Waals surface area contributed by atoms with Crippen molar-refractivity contribution in [2.24, 2.45) is 10.2 Å². The third-order valence-electron chi connectivity index (χ3n) is 4.06. The van der Waals surface area contributed by atoms with Crippen LogP contribution in [0, 0.1) is 0 Å². The summed E-state index contributed by atoms with van der Waals surface area (Å²) in [6.07, 6.45) is 4.46. The van der Waals surface area contributed by atoms with Gasteiger partial charge >= 0.3 is 18.1 Å². The van der Waals surface area contributed by atoms with E-state index in [0.29, 0.717) is 24.2 Å². The van der Waals surface area contributed by atoms with Crippen molar-refractivity contribution < 1.29 is 33.3 Å². The molecule has 0 unspecified atom stereocenters. The minimum absolute atomic E-state index is 0.151. The molecule has 2 aromatic carbocycles. The molecule has 0 saturated carbocycles. The van der Waals surface area contributed by atoms with Crippen molar-refractivity contribution in [3.05, 3.63) is 77.9 Å². The molecule has 2 aromatic rings. The molecule has 0 aliphatic heterocycles. The highest BCUT2D eigenvalue weighted by Crippen LogP contribution is 2.12. The predicted octanol–water partition coefficient (Wildman–Crippen LogP) is 3.95. The first-order valence-electron chi connectivity index (χ1n) is 10.0. The van der Waals surface area contributed by atoms with Gasteiger partial charge in [0, 0.05) is 6.08 Å². The summed E-state index contributed by atoms with van der Waals surface area (Å²) in [5, 5.41) is 7.93. The van der Waals surface area contributed by atoms with Gasteiger partial charge in [-0.25, -0.2) is 14.4 Å². The van der Waals surface area contributed by atoms with Crippen molar-refractivity contribution in [2.75, 3.05) is 20.3 Å². The summed E-state index contributed by atoms with van der Waals surface area (Å²) >= 11 is 0. The van der Waals surface area contributed by atoms with Gasteiger partial charge in [-0.1, -0.05) is 18.7 Å². The van der Waals surface area contributed by atoms with E-state index in [1.807, 2.05) is 0 Å². The van der Waals surface area contributed by atoms with Crippen LogP contribution in [0.4, 0.5) is 4.79 Å². The summed E-state index contributed by atoms with van der Waals surface area (Å²) in [5.41, 5.74) is 1.98. The van der Waals surface area contributed by atoms with Crippen molar-refractivity contribution in [3.8, 4) is 5.75 Å². The first-order valence-corrected chi connectivity index (χ1v) is 10.0. The van der Waals surface area contributed by atoms with E-state index >= 15 is 0 Å². The summed E-state index contributed by atoms with van der Waals surface area (Å²) in [5.74, 6) is -0.561. The molecule has 0 radical (unpaired) electrons. The molecule has 0 aliphatic rings. The number of methoxy groups -OCH3 is 1. The van der Waals surface area contributed by atoms with E-state index in [9.17, 15) is 14.4 Å². The topological polar surface area (TPSA) is 113 Å². The Labute approximate surface area is 191 Å². The van der Waals surface area contributed by atoms with Crippen molar-refractivity contribution in [1.29, 1.82) is 0 Å². The molecule has 9 heteroatoms. The molecule has 33 heavy (non-hydrogen) atoms. The zero-order valence-electron chi connectivity index (χ0n) is 18.1. The van der Waals surface area contributed by atoms with Crippen molar-refractivity contribution in [1.82, 2.24) is 0 Å². The SMILES string of the molecule is C=CC(=O)OCCCCOC(=O)Oc1ccc(/C=N/N=C/c2ccc(C(=O)OC)cc2)cc1. The molecule has 172 valence electrons. The van der Waals surface area contributed by atoms with E-state index in [4.69, 9.17) is 14.2 Å². The lowest BCUT2D eigenvalue weighted by molar-refractivity contribution is -0.137. The second-order valence-electron chi connectivity index (χ2n) is 6.45. The Morgan fingerprint density at radius 3 is 1.94 bits per heavy atom. The van der Waals surface area contributed by atoms with Gasteiger partial charge in [0.25, 0.3) is 0 Å². The Balaban J connectivity index is 1.71. The second-order valence-corrected chi connectivity index (χ2v) is 6.45. The fraction of sp³-hybridized carbons (Fsp3) is 0.208. The first-order chi connectivity index (χ1) is 16.0. The molecule has 9 nitrogen and oxygen atoms in total. The molecule has 0 heterocycles. The number of benzene rings is 2. The van der Waals surface area contributed by atoms with Crippen LogP contribution < -0.4 is 4.74 Å². The zero-order chi connectivity index (χ0) is 23.9. The normalized spacial score (nSPS) is 10.7. The standard InChI is InChI=1S/C24H24N2O7/c1-3-22(27)31-14-4-5-15-32-24(29)33-21-12-8-19(9-13-21)17-26-25-16-18-6-10-20(11-7-18)23(28)30-2/h3,6-13,16-17H,1,4-5,14-15H2,2H3/b25-16+,26-17+. The quantitative estimate of drug-likeness (QED) is 0.0965. The van der Waals surface area contributed by atoms with Gasteiger partial charge in [-0.3, -0.25) is 0 Å². The van der Waals surface area contributed by atoms with Crippen LogP contribution in [0.25, 0.3) is 0 Å².